The molecule has 3 aromatic rings. The average Bonchev–Trinajstić information content (AvgIpc) is 2.52. The summed E-state index contributed by atoms with van der Waals surface area (Å²) in [6, 6.07) is 9.88. The minimum Gasteiger partial charge on any atom is -0.308 e. The van der Waals surface area contributed by atoms with Crippen molar-refractivity contribution in [2.24, 2.45) is 0 Å². The molecule has 0 atom stereocenters. The van der Waals surface area contributed by atoms with Crippen LogP contribution in [0.5, 0.6) is 0 Å². The van der Waals surface area contributed by atoms with Gasteiger partial charge in [-0.25, -0.2) is 14.8 Å². The van der Waals surface area contributed by atoms with Crippen molar-refractivity contribution in [3.05, 3.63) is 57.8 Å². The van der Waals surface area contributed by atoms with E-state index in [-0.39, 0.29) is 6.03 Å². The van der Waals surface area contributed by atoms with Crippen LogP contribution in [0.3, 0.4) is 0 Å². The molecule has 0 bridgehead atoms. The molecule has 0 aliphatic carbocycles. The maximum absolute atomic E-state index is 12.1. The smallest absolute Gasteiger partial charge is 0.308 e. The van der Waals surface area contributed by atoms with Crippen LogP contribution >= 0.6 is 23.2 Å². The van der Waals surface area contributed by atoms with Crippen LogP contribution in [0.25, 0.3) is 11.0 Å². The normalized spacial score (nSPS) is 10.7. The predicted molar refractivity (Wildman–Crippen MR) is 98.1 cm³/mol. The molecule has 2 aromatic carbocycles. The molecule has 0 aliphatic heterocycles. The first-order valence-corrected chi connectivity index (χ1v) is 7.96. The van der Waals surface area contributed by atoms with Gasteiger partial charge in [0.25, 0.3) is 0 Å². The van der Waals surface area contributed by atoms with E-state index in [9.17, 15) is 4.79 Å². The number of amides is 2. The van der Waals surface area contributed by atoms with Crippen molar-refractivity contribution in [1.29, 1.82) is 0 Å². The number of nitrogens with zero attached hydrogens (tertiary/aromatic N) is 2. The number of carbonyl (C=O) groups is 1. The molecular formula is C17H14Cl2N4O. The van der Waals surface area contributed by atoms with Crippen molar-refractivity contribution in [1.82, 2.24) is 9.97 Å². The number of carbonyl (C=O) groups excluding carboxylic acids is 1. The van der Waals surface area contributed by atoms with Gasteiger partial charge in [0.2, 0.25) is 0 Å². The van der Waals surface area contributed by atoms with Crippen LogP contribution < -0.4 is 10.6 Å². The Kier molecular flexibility index (Phi) is 4.55. The van der Waals surface area contributed by atoms with Crippen molar-refractivity contribution in [3.63, 3.8) is 0 Å². The zero-order chi connectivity index (χ0) is 17.3. The number of anilines is 2. The highest BCUT2D eigenvalue weighted by molar-refractivity contribution is 6.42. The van der Waals surface area contributed by atoms with Crippen LogP contribution in [0.4, 0.5) is 16.2 Å². The molecule has 0 saturated carbocycles. The Morgan fingerprint density at radius 1 is 0.833 bits per heavy atom. The fraction of sp³-hybridized carbons (Fsp3) is 0.118. The summed E-state index contributed by atoms with van der Waals surface area (Å²) in [6.45, 7) is 3.82. The second kappa shape index (κ2) is 6.63. The molecule has 2 amide bonds. The topological polar surface area (TPSA) is 66.9 Å². The first kappa shape index (κ1) is 16.5. The van der Waals surface area contributed by atoms with E-state index in [0.29, 0.717) is 21.4 Å². The Morgan fingerprint density at radius 2 is 1.42 bits per heavy atom. The zero-order valence-electron chi connectivity index (χ0n) is 13.0. The maximum Gasteiger partial charge on any atom is 0.323 e. The lowest BCUT2D eigenvalue weighted by atomic mass is 10.2. The molecule has 0 spiro atoms. The lowest BCUT2D eigenvalue weighted by molar-refractivity contribution is 0.262. The van der Waals surface area contributed by atoms with Crippen LogP contribution in [0.1, 0.15) is 11.4 Å². The molecule has 7 heteroatoms. The summed E-state index contributed by atoms with van der Waals surface area (Å²) in [5.41, 5.74) is 4.44. The lowest BCUT2D eigenvalue weighted by Crippen LogP contribution is -2.19. The summed E-state index contributed by atoms with van der Waals surface area (Å²) >= 11 is 11.8. The Balaban J connectivity index is 1.77. The van der Waals surface area contributed by atoms with Gasteiger partial charge in [-0.05, 0) is 50.2 Å². The molecule has 122 valence electrons. The molecule has 5 nitrogen and oxygen atoms in total. The molecule has 1 aromatic heterocycles. The van der Waals surface area contributed by atoms with Gasteiger partial charge >= 0.3 is 6.03 Å². The third-order valence-electron chi connectivity index (χ3n) is 3.51. The number of aryl methyl sites for hydroxylation is 2. The van der Waals surface area contributed by atoms with Crippen molar-refractivity contribution < 1.29 is 4.79 Å². The lowest BCUT2D eigenvalue weighted by Gasteiger charge is -2.09. The quantitative estimate of drug-likeness (QED) is 0.659. The summed E-state index contributed by atoms with van der Waals surface area (Å²) < 4.78 is 0. The monoisotopic (exact) mass is 360 g/mol. The minimum absolute atomic E-state index is 0.376. The van der Waals surface area contributed by atoms with E-state index in [1.165, 1.54) is 0 Å². The highest BCUT2D eigenvalue weighted by atomic mass is 35.5. The van der Waals surface area contributed by atoms with Crippen LogP contribution in [0.2, 0.25) is 10.0 Å². The van der Waals surface area contributed by atoms with Gasteiger partial charge in [-0.3, -0.25) is 0 Å². The van der Waals surface area contributed by atoms with Gasteiger partial charge in [0.15, 0.2) is 0 Å². The molecule has 0 saturated heterocycles. The van der Waals surface area contributed by atoms with Crippen molar-refractivity contribution in [3.8, 4) is 0 Å². The summed E-state index contributed by atoms with van der Waals surface area (Å²) in [5, 5.41) is 6.26. The molecule has 24 heavy (non-hydrogen) atoms. The minimum atomic E-state index is -0.385. The van der Waals surface area contributed by atoms with E-state index in [1.54, 1.807) is 30.3 Å². The molecular weight excluding hydrogens is 347 g/mol. The van der Waals surface area contributed by atoms with Gasteiger partial charge in [-0.15, -0.1) is 0 Å². The van der Waals surface area contributed by atoms with Crippen molar-refractivity contribution in [2.75, 3.05) is 10.6 Å². The summed E-state index contributed by atoms with van der Waals surface area (Å²) in [5.74, 6) is 0. The highest BCUT2D eigenvalue weighted by Gasteiger charge is 2.07. The van der Waals surface area contributed by atoms with Crippen LogP contribution in [-0.2, 0) is 0 Å². The van der Waals surface area contributed by atoms with Crippen LogP contribution in [0, 0.1) is 13.8 Å². The van der Waals surface area contributed by atoms with E-state index < -0.39 is 0 Å². The number of hydrogen-bond acceptors (Lipinski definition) is 3. The van der Waals surface area contributed by atoms with Crippen molar-refractivity contribution in [2.45, 2.75) is 13.8 Å². The van der Waals surface area contributed by atoms with E-state index in [1.807, 2.05) is 19.9 Å². The molecule has 1 heterocycles. The number of aromatic nitrogens is 2. The van der Waals surface area contributed by atoms with Gasteiger partial charge in [0, 0.05) is 11.4 Å². The number of halogens is 2. The number of rotatable bonds is 2. The average molecular weight is 361 g/mol. The fourth-order valence-electron chi connectivity index (χ4n) is 2.18. The fourth-order valence-corrected chi connectivity index (χ4v) is 2.47. The Labute approximate surface area is 149 Å². The molecule has 0 fully saturated rings. The van der Waals surface area contributed by atoms with E-state index in [4.69, 9.17) is 23.2 Å². The van der Waals surface area contributed by atoms with E-state index in [0.717, 1.165) is 22.4 Å². The van der Waals surface area contributed by atoms with Gasteiger partial charge in [0.05, 0.1) is 32.5 Å². The number of urea groups is 1. The number of fused-ring (bicyclic) bond motifs is 1. The van der Waals surface area contributed by atoms with Gasteiger partial charge in [-0.2, -0.15) is 0 Å². The van der Waals surface area contributed by atoms with Gasteiger partial charge < -0.3 is 10.6 Å². The second-order valence-corrected chi connectivity index (χ2v) is 6.12. The van der Waals surface area contributed by atoms with E-state index in [2.05, 4.69) is 20.6 Å². The molecule has 2 N–H and O–H groups in total. The number of hydrogen-bond donors (Lipinski definition) is 2. The molecule has 0 aliphatic rings. The summed E-state index contributed by atoms with van der Waals surface area (Å²) in [7, 11) is 0. The SMILES string of the molecule is Cc1nc2ccc(NC(=O)Nc3ccc(Cl)c(Cl)c3)cc2nc1C. The first-order chi connectivity index (χ1) is 11.4. The van der Waals surface area contributed by atoms with Gasteiger partial charge in [-0.1, -0.05) is 23.2 Å². The zero-order valence-corrected chi connectivity index (χ0v) is 14.5. The molecule has 0 radical (unpaired) electrons. The van der Waals surface area contributed by atoms with Crippen LogP contribution in [0.15, 0.2) is 36.4 Å². The maximum atomic E-state index is 12.1. The second-order valence-electron chi connectivity index (χ2n) is 5.31. The molecule has 0 unspecified atom stereocenters. The third kappa shape index (κ3) is 3.58. The summed E-state index contributed by atoms with van der Waals surface area (Å²) in [6.07, 6.45) is 0. The Morgan fingerprint density at radius 3 is 2.08 bits per heavy atom. The Hall–Kier alpha value is -2.37. The summed E-state index contributed by atoms with van der Waals surface area (Å²) in [4.78, 5) is 21.0. The molecule has 3 rings (SSSR count). The highest BCUT2D eigenvalue weighted by Crippen LogP contribution is 2.25. The van der Waals surface area contributed by atoms with E-state index >= 15 is 0 Å². The Bertz CT molecular complexity index is 943. The standard InChI is InChI=1S/C17H14Cl2N4O/c1-9-10(2)21-16-8-12(4-6-15(16)20-9)23-17(24)22-11-3-5-13(18)14(19)7-11/h3-8H,1-2H3,(H2,22,23,24). The largest absolute Gasteiger partial charge is 0.323 e. The first-order valence-electron chi connectivity index (χ1n) is 7.20. The van der Waals surface area contributed by atoms with Crippen molar-refractivity contribution >= 4 is 51.6 Å². The third-order valence-corrected chi connectivity index (χ3v) is 4.25. The number of benzene rings is 2. The number of nitrogens with one attached hydrogen (secondary N) is 2. The van der Waals surface area contributed by atoms with Gasteiger partial charge in [0.1, 0.15) is 0 Å². The van der Waals surface area contributed by atoms with Crippen LogP contribution in [-0.4, -0.2) is 16.0 Å². The predicted octanol–water partition coefficient (Wildman–Crippen LogP) is 5.20.